The van der Waals surface area contributed by atoms with Gasteiger partial charge in [-0.2, -0.15) is 0 Å². The van der Waals surface area contributed by atoms with Crippen LogP contribution in [0.15, 0.2) is 23.4 Å². The molecule has 2 unspecified atom stereocenters. The number of rotatable bonds is 6. The second-order valence-electron chi connectivity index (χ2n) is 5.79. The van der Waals surface area contributed by atoms with Crippen molar-refractivity contribution in [3.8, 4) is 0 Å². The monoisotopic (exact) mass is 292 g/mol. The van der Waals surface area contributed by atoms with E-state index >= 15 is 0 Å². The third kappa shape index (κ3) is 4.32. The number of nitrogens with one attached hydrogen (secondary N) is 2. The van der Waals surface area contributed by atoms with Crippen LogP contribution in [0.4, 0.5) is 0 Å². The molecule has 0 aliphatic carbocycles. The fourth-order valence-electron chi connectivity index (χ4n) is 2.99. The average molecular weight is 292 g/mol. The summed E-state index contributed by atoms with van der Waals surface area (Å²) in [6.07, 6.45) is 8.58. The second kappa shape index (κ2) is 7.26. The molecule has 6 heteroatoms. The first-order valence-corrected chi connectivity index (χ1v) is 7.56. The van der Waals surface area contributed by atoms with Gasteiger partial charge in [0.05, 0.1) is 11.6 Å². The summed E-state index contributed by atoms with van der Waals surface area (Å²) in [6.45, 7) is 2.21. The van der Waals surface area contributed by atoms with E-state index in [9.17, 15) is 9.59 Å². The van der Waals surface area contributed by atoms with E-state index in [1.165, 1.54) is 18.9 Å². The van der Waals surface area contributed by atoms with Gasteiger partial charge in [-0.3, -0.25) is 9.59 Å². The van der Waals surface area contributed by atoms with Crippen LogP contribution in [-0.2, 0) is 9.59 Å². The second-order valence-corrected chi connectivity index (χ2v) is 5.79. The third-order valence-electron chi connectivity index (χ3n) is 4.20. The van der Waals surface area contributed by atoms with Crippen molar-refractivity contribution in [3.63, 3.8) is 0 Å². The Balaban J connectivity index is 1.86. The largest absolute Gasteiger partial charge is 0.383 e. The normalized spacial score (nSPS) is 25.5. The van der Waals surface area contributed by atoms with E-state index in [1.54, 1.807) is 6.20 Å². The van der Waals surface area contributed by atoms with Crippen LogP contribution < -0.4 is 22.1 Å². The van der Waals surface area contributed by atoms with Crippen molar-refractivity contribution in [2.24, 2.45) is 17.4 Å². The Bertz CT molecular complexity index is 464. The van der Waals surface area contributed by atoms with E-state index in [0.29, 0.717) is 5.57 Å². The molecule has 1 fully saturated rings. The molecule has 2 aliphatic heterocycles. The molecule has 6 N–H and O–H groups in total. The van der Waals surface area contributed by atoms with Gasteiger partial charge in [0.15, 0.2) is 0 Å². The van der Waals surface area contributed by atoms with Gasteiger partial charge in [-0.05, 0) is 50.8 Å². The maximum Gasteiger partial charge on any atom is 0.250 e. The Kier molecular flexibility index (Phi) is 5.38. The molecule has 0 aromatic heterocycles. The Labute approximate surface area is 125 Å². The van der Waals surface area contributed by atoms with E-state index < -0.39 is 11.8 Å². The predicted octanol–water partition coefficient (Wildman–Crippen LogP) is -0.0910. The van der Waals surface area contributed by atoms with Crippen LogP contribution in [0.1, 0.15) is 32.1 Å². The van der Waals surface area contributed by atoms with Crippen molar-refractivity contribution in [2.45, 2.75) is 38.1 Å². The quantitative estimate of drug-likeness (QED) is 0.548. The van der Waals surface area contributed by atoms with Gasteiger partial charge in [0.2, 0.25) is 11.8 Å². The minimum atomic E-state index is -0.562. The molecule has 0 aromatic rings. The Morgan fingerprint density at radius 2 is 2.05 bits per heavy atom. The average Bonchev–Trinajstić information content (AvgIpc) is 2.48. The molecular weight excluding hydrogens is 268 g/mol. The van der Waals surface area contributed by atoms with Crippen molar-refractivity contribution >= 4 is 11.8 Å². The van der Waals surface area contributed by atoms with Crippen molar-refractivity contribution in [3.05, 3.63) is 23.4 Å². The van der Waals surface area contributed by atoms with Crippen molar-refractivity contribution in [1.82, 2.24) is 10.6 Å². The van der Waals surface area contributed by atoms with Gasteiger partial charge >= 0.3 is 0 Å². The molecule has 0 aromatic carbocycles. The lowest BCUT2D eigenvalue weighted by Gasteiger charge is -2.26. The molecule has 1 saturated heterocycles. The van der Waals surface area contributed by atoms with Crippen LogP contribution in [-0.4, -0.2) is 30.9 Å². The number of carbonyl (C=O) groups excluding carboxylic acids is 2. The Morgan fingerprint density at radius 1 is 1.24 bits per heavy atom. The lowest BCUT2D eigenvalue weighted by Crippen LogP contribution is -2.37. The van der Waals surface area contributed by atoms with Gasteiger partial charge in [-0.1, -0.05) is 6.42 Å². The smallest absolute Gasteiger partial charge is 0.250 e. The Morgan fingerprint density at radius 3 is 2.67 bits per heavy atom. The van der Waals surface area contributed by atoms with E-state index in [0.717, 1.165) is 38.3 Å². The molecule has 0 spiro atoms. The van der Waals surface area contributed by atoms with Crippen LogP contribution in [0.3, 0.4) is 0 Å². The molecule has 0 bridgehead atoms. The molecule has 0 saturated carbocycles. The highest BCUT2D eigenvalue weighted by atomic mass is 16.1. The third-order valence-corrected chi connectivity index (χ3v) is 4.20. The van der Waals surface area contributed by atoms with Crippen LogP contribution in [0.2, 0.25) is 0 Å². The summed E-state index contributed by atoms with van der Waals surface area (Å²) in [7, 11) is 0. The molecule has 6 nitrogen and oxygen atoms in total. The standard InChI is InChI=1S/C15H24N4O2/c16-14(20)11-7-12(15(17)21)13(19-9-11)5-1-3-10-4-2-6-18-8-10/h7,9-10,13,18-19H,1-6,8H2,(H2,16,20)(H2,17,21). The Hall–Kier alpha value is -1.82. The lowest BCUT2D eigenvalue weighted by molar-refractivity contribution is -0.115. The fraction of sp³-hybridized carbons (Fsp3) is 0.600. The lowest BCUT2D eigenvalue weighted by atomic mass is 9.90. The van der Waals surface area contributed by atoms with Gasteiger partial charge in [-0.15, -0.1) is 0 Å². The molecular formula is C15H24N4O2. The van der Waals surface area contributed by atoms with Crippen LogP contribution in [0.25, 0.3) is 0 Å². The van der Waals surface area contributed by atoms with Crippen LogP contribution >= 0.6 is 0 Å². The molecule has 2 atom stereocenters. The number of primary amides is 2. The zero-order valence-electron chi connectivity index (χ0n) is 12.2. The highest BCUT2D eigenvalue weighted by Crippen LogP contribution is 2.21. The molecule has 116 valence electrons. The topological polar surface area (TPSA) is 110 Å². The number of amides is 2. The van der Waals surface area contributed by atoms with Gasteiger partial charge in [0.25, 0.3) is 0 Å². The number of nitrogens with two attached hydrogens (primary N) is 2. The highest BCUT2D eigenvalue weighted by molar-refractivity contribution is 6.00. The fourth-order valence-corrected chi connectivity index (χ4v) is 2.99. The number of piperidine rings is 1. The van der Waals surface area contributed by atoms with Gasteiger partial charge in [0.1, 0.15) is 0 Å². The van der Waals surface area contributed by atoms with Crippen molar-refractivity contribution < 1.29 is 9.59 Å². The summed E-state index contributed by atoms with van der Waals surface area (Å²) >= 11 is 0. The number of carbonyl (C=O) groups is 2. The maximum absolute atomic E-state index is 11.5. The van der Waals surface area contributed by atoms with Gasteiger partial charge < -0.3 is 22.1 Å². The summed E-state index contributed by atoms with van der Waals surface area (Å²) in [6, 6.07) is -0.123. The molecule has 2 aliphatic rings. The van der Waals surface area contributed by atoms with Gasteiger partial charge in [-0.25, -0.2) is 0 Å². The minimum absolute atomic E-state index is 0.123. The first-order chi connectivity index (χ1) is 10.1. The summed E-state index contributed by atoms with van der Waals surface area (Å²) < 4.78 is 0. The molecule has 21 heavy (non-hydrogen) atoms. The summed E-state index contributed by atoms with van der Waals surface area (Å²) in [5, 5.41) is 6.48. The zero-order valence-corrected chi connectivity index (χ0v) is 12.2. The molecule has 2 heterocycles. The maximum atomic E-state index is 11.5. The number of hydrogen-bond donors (Lipinski definition) is 4. The van der Waals surface area contributed by atoms with Crippen molar-refractivity contribution in [2.75, 3.05) is 13.1 Å². The van der Waals surface area contributed by atoms with Crippen LogP contribution in [0, 0.1) is 5.92 Å². The first kappa shape index (κ1) is 15.6. The predicted molar refractivity (Wildman–Crippen MR) is 80.9 cm³/mol. The van der Waals surface area contributed by atoms with E-state index in [4.69, 9.17) is 11.5 Å². The van der Waals surface area contributed by atoms with Gasteiger partial charge in [0, 0.05) is 11.8 Å². The number of hydrogen-bond acceptors (Lipinski definition) is 4. The molecule has 0 radical (unpaired) electrons. The minimum Gasteiger partial charge on any atom is -0.383 e. The van der Waals surface area contributed by atoms with E-state index in [-0.39, 0.29) is 11.6 Å². The number of dihydropyridines is 1. The zero-order chi connectivity index (χ0) is 15.2. The highest BCUT2D eigenvalue weighted by Gasteiger charge is 2.23. The summed E-state index contributed by atoms with van der Waals surface area (Å²) in [4.78, 5) is 22.7. The molecule has 2 rings (SSSR count). The van der Waals surface area contributed by atoms with E-state index in [1.807, 2.05) is 0 Å². The van der Waals surface area contributed by atoms with Crippen LogP contribution in [0.5, 0.6) is 0 Å². The summed E-state index contributed by atoms with van der Waals surface area (Å²) in [5.41, 5.74) is 11.3. The first-order valence-electron chi connectivity index (χ1n) is 7.56. The van der Waals surface area contributed by atoms with Crippen molar-refractivity contribution in [1.29, 1.82) is 0 Å². The molecule has 2 amide bonds. The summed E-state index contributed by atoms with van der Waals surface area (Å²) in [5.74, 6) is -0.341. The van der Waals surface area contributed by atoms with E-state index in [2.05, 4.69) is 10.6 Å². The SMILES string of the molecule is NC(=O)C1=CNC(CCCC2CCCNC2)C(C(N)=O)=C1.